The summed E-state index contributed by atoms with van der Waals surface area (Å²) in [6, 6.07) is 13.4. The number of piperazine rings is 1. The summed E-state index contributed by atoms with van der Waals surface area (Å²) in [5, 5.41) is 21.0. The van der Waals surface area contributed by atoms with Crippen LogP contribution in [0, 0.1) is 0 Å². The number of amides is 1. The number of aliphatic hydroxyl groups excluding tert-OH is 1. The van der Waals surface area contributed by atoms with Gasteiger partial charge in [0.25, 0.3) is 0 Å². The molecule has 10 nitrogen and oxygen atoms in total. The van der Waals surface area contributed by atoms with E-state index in [0.717, 1.165) is 16.9 Å². The molecule has 4 rings (SSSR count). The molecule has 0 aliphatic carbocycles. The van der Waals surface area contributed by atoms with Crippen LogP contribution in [0.4, 0.5) is 10.6 Å². The molecule has 0 atom stereocenters. The molecule has 30 heavy (non-hydrogen) atoms. The SMILES string of the molecule is O=C(OCc1ccccc1)N1CCN(c2ccc(-c3nnn(CCO)n3)cn2)CC1. The first-order valence-corrected chi connectivity index (χ1v) is 9.78. The maximum Gasteiger partial charge on any atom is 0.410 e. The summed E-state index contributed by atoms with van der Waals surface area (Å²) in [4.78, 5) is 22.0. The summed E-state index contributed by atoms with van der Waals surface area (Å²) in [7, 11) is 0. The highest BCUT2D eigenvalue weighted by atomic mass is 16.6. The monoisotopic (exact) mass is 409 g/mol. The Morgan fingerprint density at radius 3 is 2.57 bits per heavy atom. The molecular formula is C20H23N7O3. The number of aliphatic hydroxyl groups is 1. The number of nitrogens with zero attached hydrogens (tertiary/aromatic N) is 7. The van der Waals surface area contributed by atoms with Crippen LogP contribution in [0.25, 0.3) is 11.4 Å². The molecule has 0 bridgehead atoms. The lowest BCUT2D eigenvalue weighted by Crippen LogP contribution is -2.49. The van der Waals surface area contributed by atoms with Crippen LogP contribution in [-0.2, 0) is 17.9 Å². The van der Waals surface area contributed by atoms with E-state index in [9.17, 15) is 4.79 Å². The number of hydrogen-bond acceptors (Lipinski definition) is 8. The Bertz CT molecular complexity index is 954. The van der Waals surface area contributed by atoms with E-state index < -0.39 is 0 Å². The first kappa shape index (κ1) is 19.8. The van der Waals surface area contributed by atoms with Crippen LogP contribution in [0.15, 0.2) is 48.7 Å². The summed E-state index contributed by atoms with van der Waals surface area (Å²) in [5.41, 5.74) is 1.73. The molecule has 1 aromatic carbocycles. The number of aromatic nitrogens is 5. The number of pyridine rings is 1. The smallest absolute Gasteiger partial charge is 0.410 e. The molecule has 1 saturated heterocycles. The Hall–Kier alpha value is -3.53. The minimum atomic E-state index is -0.293. The number of tetrazole rings is 1. The number of hydrogen-bond donors (Lipinski definition) is 1. The molecular weight excluding hydrogens is 386 g/mol. The topological polar surface area (TPSA) is 110 Å². The molecule has 3 aromatic rings. The van der Waals surface area contributed by atoms with E-state index in [1.165, 1.54) is 4.80 Å². The highest BCUT2D eigenvalue weighted by Gasteiger charge is 2.23. The Morgan fingerprint density at radius 2 is 1.87 bits per heavy atom. The fourth-order valence-electron chi connectivity index (χ4n) is 3.18. The maximum atomic E-state index is 12.3. The second-order valence-corrected chi connectivity index (χ2v) is 6.85. The van der Waals surface area contributed by atoms with Gasteiger partial charge in [-0.3, -0.25) is 0 Å². The van der Waals surface area contributed by atoms with Gasteiger partial charge in [-0.15, -0.1) is 10.2 Å². The first-order chi connectivity index (χ1) is 14.7. The van der Waals surface area contributed by atoms with Crippen LogP contribution in [0.1, 0.15) is 5.56 Å². The number of ether oxygens (including phenoxy) is 1. The number of carbonyl (C=O) groups is 1. The Kier molecular flexibility index (Phi) is 6.14. The number of carbonyl (C=O) groups excluding carboxylic acids is 1. The molecule has 156 valence electrons. The van der Waals surface area contributed by atoms with E-state index in [2.05, 4.69) is 25.3 Å². The Morgan fingerprint density at radius 1 is 1.07 bits per heavy atom. The first-order valence-electron chi connectivity index (χ1n) is 9.78. The molecule has 0 saturated carbocycles. The van der Waals surface area contributed by atoms with Gasteiger partial charge >= 0.3 is 6.09 Å². The zero-order valence-electron chi connectivity index (χ0n) is 16.5. The minimum absolute atomic E-state index is 0.0429. The van der Waals surface area contributed by atoms with E-state index >= 15 is 0 Å². The van der Waals surface area contributed by atoms with Crippen molar-refractivity contribution in [3.05, 3.63) is 54.2 Å². The van der Waals surface area contributed by atoms with Crippen LogP contribution in [-0.4, -0.2) is 74.1 Å². The minimum Gasteiger partial charge on any atom is -0.445 e. The summed E-state index contributed by atoms with van der Waals surface area (Å²) < 4.78 is 5.41. The molecule has 0 spiro atoms. The van der Waals surface area contributed by atoms with Crippen LogP contribution in [0.3, 0.4) is 0 Å². The van der Waals surface area contributed by atoms with Crippen molar-refractivity contribution in [2.75, 3.05) is 37.7 Å². The van der Waals surface area contributed by atoms with Crippen LogP contribution >= 0.6 is 0 Å². The lowest BCUT2D eigenvalue weighted by Gasteiger charge is -2.34. The van der Waals surface area contributed by atoms with Gasteiger partial charge < -0.3 is 19.6 Å². The van der Waals surface area contributed by atoms with Gasteiger partial charge in [0.1, 0.15) is 12.4 Å². The van der Waals surface area contributed by atoms with Gasteiger partial charge in [-0.05, 0) is 22.9 Å². The third-order valence-electron chi connectivity index (χ3n) is 4.83. The largest absolute Gasteiger partial charge is 0.445 e. The third-order valence-corrected chi connectivity index (χ3v) is 4.83. The number of rotatable bonds is 6. The molecule has 1 N–H and O–H groups in total. The quantitative estimate of drug-likeness (QED) is 0.647. The van der Waals surface area contributed by atoms with Crippen molar-refractivity contribution >= 4 is 11.9 Å². The molecule has 1 aliphatic rings. The van der Waals surface area contributed by atoms with Crippen molar-refractivity contribution in [1.82, 2.24) is 30.1 Å². The van der Waals surface area contributed by atoms with E-state index in [1.54, 1.807) is 11.1 Å². The second kappa shape index (κ2) is 9.31. The Balaban J connectivity index is 1.28. The van der Waals surface area contributed by atoms with Crippen molar-refractivity contribution in [2.24, 2.45) is 0 Å². The van der Waals surface area contributed by atoms with Gasteiger partial charge in [0, 0.05) is 37.9 Å². The van der Waals surface area contributed by atoms with Gasteiger partial charge in [0.2, 0.25) is 5.82 Å². The third kappa shape index (κ3) is 4.71. The normalized spacial score (nSPS) is 14.0. The molecule has 1 amide bonds. The summed E-state index contributed by atoms with van der Waals surface area (Å²) in [6.45, 7) is 3.05. The zero-order chi connectivity index (χ0) is 20.8. The Labute approximate surface area is 173 Å². The maximum absolute atomic E-state index is 12.3. The van der Waals surface area contributed by atoms with Crippen molar-refractivity contribution in [3.63, 3.8) is 0 Å². The van der Waals surface area contributed by atoms with Crippen molar-refractivity contribution in [1.29, 1.82) is 0 Å². The summed E-state index contributed by atoms with van der Waals surface area (Å²) >= 11 is 0. The summed E-state index contributed by atoms with van der Waals surface area (Å²) in [5.74, 6) is 1.30. The average Bonchev–Trinajstić information content (AvgIpc) is 3.27. The molecule has 2 aromatic heterocycles. The number of anilines is 1. The van der Waals surface area contributed by atoms with Crippen LogP contribution < -0.4 is 4.90 Å². The van der Waals surface area contributed by atoms with E-state index in [0.29, 0.717) is 38.5 Å². The van der Waals surface area contributed by atoms with Gasteiger partial charge in [0.15, 0.2) is 0 Å². The highest BCUT2D eigenvalue weighted by Crippen LogP contribution is 2.19. The molecule has 1 aliphatic heterocycles. The van der Waals surface area contributed by atoms with Gasteiger partial charge in [-0.25, -0.2) is 9.78 Å². The lowest BCUT2D eigenvalue weighted by molar-refractivity contribution is 0.0941. The van der Waals surface area contributed by atoms with Crippen LogP contribution in [0.5, 0.6) is 0 Å². The van der Waals surface area contributed by atoms with E-state index in [4.69, 9.17) is 9.84 Å². The zero-order valence-corrected chi connectivity index (χ0v) is 16.5. The van der Waals surface area contributed by atoms with E-state index in [1.807, 2.05) is 42.5 Å². The predicted molar refractivity (Wildman–Crippen MR) is 109 cm³/mol. The highest BCUT2D eigenvalue weighted by molar-refractivity contribution is 5.68. The predicted octanol–water partition coefficient (Wildman–Crippen LogP) is 1.19. The van der Waals surface area contributed by atoms with Crippen molar-refractivity contribution in [2.45, 2.75) is 13.2 Å². The van der Waals surface area contributed by atoms with Gasteiger partial charge in [0.05, 0.1) is 13.2 Å². The second-order valence-electron chi connectivity index (χ2n) is 6.85. The van der Waals surface area contributed by atoms with E-state index in [-0.39, 0.29) is 19.3 Å². The molecule has 0 radical (unpaired) electrons. The number of benzene rings is 1. The molecule has 10 heteroatoms. The van der Waals surface area contributed by atoms with Crippen molar-refractivity contribution < 1.29 is 14.6 Å². The molecule has 3 heterocycles. The summed E-state index contributed by atoms with van der Waals surface area (Å²) in [6.07, 6.45) is 1.41. The molecule has 0 unspecified atom stereocenters. The fraction of sp³-hybridized carbons (Fsp3) is 0.350. The molecule has 1 fully saturated rings. The van der Waals surface area contributed by atoms with Crippen LogP contribution in [0.2, 0.25) is 0 Å². The van der Waals surface area contributed by atoms with Crippen molar-refractivity contribution in [3.8, 4) is 11.4 Å². The van der Waals surface area contributed by atoms with Gasteiger partial charge in [-0.1, -0.05) is 30.3 Å². The lowest BCUT2D eigenvalue weighted by atomic mass is 10.2. The van der Waals surface area contributed by atoms with Gasteiger partial charge in [-0.2, -0.15) is 4.80 Å². The average molecular weight is 409 g/mol. The standard InChI is InChI=1S/C20H23N7O3/c28-13-12-27-23-19(22-24-27)17-6-7-18(21-14-17)25-8-10-26(11-9-25)20(29)30-15-16-4-2-1-3-5-16/h1-7,14,28H,8-13,15H2. The fourth-order valence-corrected chi connectivity index (χ4v) is 3.18.